The van der Waals surface area contributed by atoms with Gasteiger partial charge in [-0.25, -0.2) is 4.79 Å². The van der Waals surface area contributed by atoms with Gasteiger partial charge in [-0.1, -0.05) is 11.8 Å². The van der Waals surface area contributed by atoms with Crippen LogP contribution in [0.1, 0.15) is 33.7 Å². The Morgan fingerprint density at radius 2 is 1.91 bits per heavy atom. The van der Waals surface area contributed by atoms with Gasteiger partial charge in [-0.2, -0.15) is 0 Å². The standard InChI is InChI=1S/C14H24N6O2S/c1-9(2)20-11(18(5)6)16-17-13(20)23-8-7-19-10(21)14(3,4)15-12(19)22/h9H,7-8H2,1-6H3,(H,15,22). The molecule has 0 saturated carbocycles. The minimum Gasteiger partial charge on any atom is -0.347 e. The number of hydrogen-bond donors (Lipinski definition) is 1. The van der Waals surface area contributed by atoms with Gasteiger partial charge in [0.2, 0.25) is 5.95 Å². The van der Waals surface area contributed by atoms with Gasteiger partial charge in [0.25, 0.3) is 5.91 Å². The summed E-state index contributed by atoms with van der Waals surface area (Å²) in [6.45, 7) is 7.90. The SMILES string of the molecule is CC(C)n1c(SCCN2C(=O)NC(C)(C)C2=O)nnc1N(C)C. The number of anilines is 1. The molecule has 128 valence electrons. The lowest BCUT2D eigenvalue weighted by molar-refractivity contribution is -0.130. The van der Waals surface area contributed by atoms with Crippen molar-refractivity contribution >= 4 is 29.6 Å². The second kappa shape index (κ2) is 6.38. The molecular weight excluding hydrogens is 316 g/mol. The molecule has 1 saturated heterocycles. The normalized spacial score (nSPS) is 17.1. The molecule has 0 bridgehead atoms. The van der Waals surface area contributed by atoms with E-state index in [4.69, 9.17) is 0 Å². The fourth-order valence-corrected chi connectivity index (χ4v) is 3.36. The summed E-state index contributed by atoms with van der Waals surface area (Å²) in [7, 11) is 3.85. The van der Waals surface area contributed by atoms with E-state index in [1.165, 1.54) is 16.7 Å². The Bertz CT molecular complexity index is 610. The number of carbonyl (C=O) groups is 2. The quantitative estimate of drug-likeness (QED) is 0.622. The predicted octanol–water partition coefficient (Wildman–Crippen LogP) is 1.35. The fraction of sp³-hybridized carbons (Fsp3) is 0.714. The Balaban J connectivity index is 2.03. The Hall–Kier alpha value is -1.77. The summed E-state index contributed by atoms with van der Waals surface area (Å²) in [4.78, 5) is 27.2. The number of rotatable bonds is 6. The number of aromatic nitrogens is 3. The van der Waals surface area contributed by atoms with E-state index in [0.717, 1.165) is 11.1 Å². The van der Waals surface area contributed by atoms with Crippen LogP contribution in [0.25, 0.3) is 0 Å². The van der Waals surface area contributed by atoms with Crippen LogP contribution in [0.5, 0.6) is 0 Å². The topological polar surface area (TPSA) is 83.4 Å². The first-order valence-electron chi connectivity index (χ1n) is 7.54. The van der Waals surface area contributed by atoms with Crippen molar-refractivity contribution in [1.29, 1.82) is 0 Å². The van der Waals surface area contributed by atoms with Crippen molar-refractivity contribution in [1.82, 2.24) is 25.0 Å². The monoisotopic (exact) mass is 340 g/mol. The number of thioether (sulfide) groups is 1. The second-order valence-corrected chi connectivity index (χ2v) is 7.56. The van der Waals surface area contributed by atoms with Gasteiger partial charge in [0.05, 0.1) is 0 Å². The van der Waals surface area contributed by atoms with Crippen LogP contribution in [-0.4, -0.2) is 63.5 Å². The predicted molar refractivity (Wildman–Crippen MR) is 89.8 cm³/mol. The summed E-state index contributed by atoms with van der Waals surface area (Å²) in [6.07, 6.45) is 0. The van der Waals surface area contributed by atoms with Gasteiger partial charge in [-0.05, 0) is 27.7 Å². The zero-order valence-electron chi connectivity index (χ0n) is 14.5. The van der Waals surface area contributed by atoms with Crippen molar-refractivity contribution < 1.29 is 9.59 Å². The zero-order valence-corrected chi connectivity index (χ0v) is 15.3. The van der Waals surface area contributed by atoms with Crippen molar-refractivity contribution in [2.45, 2.75) is 44.4 Å². The summed E-state index contributed by atoms with van der Waals surface area (Å²) in [6, 6.07) is -0.111. The molecule has 23 heavy (non-hydrogen) atoms. The highest BCUT2D eigenvalue weighted by atomic mass is 32.2. The lowest BCUT2D eigenvalue weighted by Crippen LogP contribution is -2.40. The van der Waals surface area contributed by atoms with Crippen LogP contribution >= 0.6 is 11.8 Å². The Kier molecular flexibility index (Phi) is 4.88. The second-order valence-electron chi connectivity index (χ2n) is 6.50. The van der Waals surface area contributed by atoms with Crippen LogP contribution in [0.15, 0.2) is 5.16 Å². The van der Waals surface area contributed by atoms with Gasteiger partial charge in [0.1, 0.15) is 5.54 Å². The Morgan fingerprint density at radius 1 is 1.26 bits per heavy atom. The van der Waals surface area contributed by atoms with E-state index in [1.807, 2.05) is 23.6 Å². The molecule has 3 amide bonds. The van der Waals surface area contributed by atoms with Crippen LogP contribution in [0.3, 0.4) is 0 Å². The average Bonchev–Trinajstić information content (AvgIpc) is 2.93. The number of imide groups is 1. The number of hydrogen-bond acceptors (Lipinski definition) is 6. The molecule has 1 aromatic heterocycles. The smallest absolute Gasteiger partial charge is 0.325 e. The van der Waals surface area contributed by atoms with Gasteiger partial charge in [-0.3, -0.25) is 14.3 Å². The third-order valence-corrected chi connectivity index (χ3v) is 4.48. The van der Waals surface area contributed by atoms with E-state index in [-0.39, 0.29) is 18.0 Å². The number of amides is 3. The van der Waals surface area contributed by atoms with Crippen molar-refractivity contribution in [3.63, 3.8) is 0 Å². The van der Waals surface area contributed by atoms with E-state index in [2.05, 4.69) is 29.4 Å². The summed E-state index contributed by atoms with van der Waals surface area (Å²) in [5.41, 5.74) is -0.822. The van der Waals surface area contributed by atoms with E-state index in [1.54, 1.807) is 13.8 Å². The molecule has 0 radical (unpaired) electrons. The summed E-state index contributed by atoms with van der Waals surface area (Å²) >= 11 is 1.49. The molecule has 1 aromatic rings. The molecule has 0 spiro atoms. The molecule has 2 heterocycles. The Morgan fingerprint density at radius 3 is 2.39 bits per heavy atom. The van der Waals surface area contributed by atoms with Gasteiger partial charge in [0.15, 0.2) is 5.16 Å². The van der Waals surface area contributed by atoms with Gasteiger partial charge >= 0.3 is 6.03 Å². The summed E-state index contributed by atoms with van der Waals surface area (Å²) in [5, 5.41) is 11.9. The number of carbonyl (C=O) groups excluding carboxylic acids is 2. The van der Waals surface area contributed by atoms with Crippen molar-refractivity contribution in [2.75, 3.05) is 31.3 Å². The van der Waals surface area contributed by atoms with Crippen LogP contribution < -0.4 is 10.2 Å². The molecule has 1 aliphatic heterocycles. The first-order chi connectivity index (χ1) is 10.6. The lowest BCUT2D eigenvalue weighted by Gasteiger charge is -2.18. The number of nitrogens with one attached hydrogen (secondary N) is 1. The zero-order chi connectivity index (χ0) is 17.4. The highest BCUT2D eigenvalue weighted by Crippen LogP contribution is 2.26. The van der Waals surface area contributed by atoms with Crippen LogP contribution in [0.4, 0.5) is 10.7 Å². The average molecular weight is 340 g/mol. The maximum atomic E-state index is 12.1. The molecule has 0 unspecified atom stereocenters. The minimum atomic E-state index is -0.822. The molecule has 8 nitrogen and oxygen atoms in total. The summed E-state index contributed by atoms with van der Waals surface area (Å²) < 4.78 is 2.04. The van der Waals surface area contributed by atoms with Crippen molar-refractivity contribution in [2.24, 2.45) is 0 Å². The largest absolute Gasteiger partial charge is 0.347 e. The van der Waals surface area contributed by atoms with Crippen LogP contribution in [0, 0.1) is 0 Å². The van der Waals surface area contributed by atoms with Crippen LogP contribution in [0.2, 0.25) is 0 Å². The highest BCUT2D eigenvalue weighted by molar-refractivity contribution is 7.99. The molecule has 9 heteroatoms. The number of urea groups is 1. The van der Waals surface area contributed by atoms with Crippen LogP contribution in [-0.2, 0) is 4.79 Å². The van der Waals surface area contributed by atoms with E-state index in [9.17, 15) is 9.59 Å². The molecule has 1 N–H and O–H groups in total. The maximum absolute atomic E-state index is 12.1. The van der Waals surface area contributed by atoms with E-state index < -0.39 is 5.54 Å². The van der Waals surface area contributed by atoms with Gasteiger partial charge < -0.3 is 10.2 Å². The molecule has 1 aliphatic rings. The van der Waals surface area contributed by atoms with Gasteiger partial charge in [0, 0.05) is 32.4 Å². The molecule has 0 atom stereocenters. The molecular formula is C14H24N6O2S. The van der Waals surface area contributed by atoms with Crippen molar-refractivity contribution in [3.05, 3.63) is 0 Å². The first kappa shape index (κ1) is 17.6. The maximum Gasteiger partial charge on any atom is 0.325 e. The fourth-order valence-electron chi connectivity index (χ4n) is 2.37. The number of nitrogens with zero attached hydrogens (tertiary/aromatic N) is 5. The minimum absolute atomic E-state index is 0.192. The third-order valence-electron chi connectivity index (χ3n) is 3.55. The molecule has 0 aliphatic carbocycles. The van der Waals surface area contributed by atoms with Crippen molar-refractivity contribution in [3.8, 4) is 0 Å². The van der Waals surface area contributed by atoms with Gasteiger partial charge in [-0.15, -0.1) is 10.2 Å². The van der Waals surface area contributed by atoms with E-state index >= 15 is 0 Å². The lowest BCUT2D eigenvalue weighted by atomic mass is 10.1. The molecule has 1 fully saturated rings. The Labute approximate surface area is 140 Å². The molecule has 0 aromatic carbocycles. The highest BCUT2D eigenvalue weighted by Gasteiger charge is 2.43. The molecule has 2 rings (SSSR count). The van der Waals surface area contributed by atoms with E-state index in [0.29, 0.717) is 12.3 Å². The summed E-state index contributed by atoms with van der Waals surface area (Å²) in [5.74, 6) is 1.18. The first-order valence-corrected chi connectivity index (χ1v) is 8.53. The third kappa shape index (κ3) is 3.44.